The lowest BCUT2D eigenvalue weighted by atomic mass is 10.0. The van der Waals surface area contributed by atoms with Crippen molar-refractivity contribution in [3.63, 3.8) is 0 Å². The van der Waals surface area contributed by atoms with Crippen molar-refractivity contribution in [2.75, 3.05) is 6.26 Å². The Morgan fingerprint density at radius 2 is 1.23 bits per heavy atom. The molecule has 0 aliphatic rings. The molecule has 0 saturated carbocycles. The molecule has 1 aromatic heterocycles. The molecule has 6 heteroatoms. The van der Waals surface area contributed by atoms with Gasteiger partial charge in [0.2, 0.25) is 9.84 Å². The minimum absolute atomic E-state index is 0.272. The number of hydrogen-bond donors (Lipinski definition) is 0. The van der Waals surface area contributed by atoms with Gasteiger partial charge in [0.25, 0.3) is 5.16 Å². The summed E-state index contributed by atoms with van der Waals surface area (Å²) in [6.45, 7) is 0. The average molecular weight is 311 g/mol. The maximum Gasteiger partial charge on any atom is 0.267 e. The van der Waals surface area contributed by atoms with Crippen LogP contribution in [0.4, 0.5) is 0 Å². The second-order valence-corrected chi connectivity index (χ2v) is 6.71. The van der Waals surface area contributed by atoms with E-state index in [1.807, 2.05) is 60.7 Å². The van der Waals surface area contributed by atoms with E-state index in [0.29, 0.717) is 11.4 Å². The fourth-order valence-electron chi connectivity index (χ4n) is 2.06. The molecule has 0 fully saturated rings. The van der Waals surface area contributed by atoms with Crippen LogP contribution in [0.5, 0.6) is 0 Å². The van der Waals surface area contributed by atoms with Gasteiger partial charge >= 0.3 is 0 Å². The van der Waals surface area contributed by atoms with Gasteiger partial charge in [-0.3, -0.25) is 0 Å². The zero-order valence-electron chi connectivity index (χ0n) is 11.8. The van der Waals surface area contributed by atoms with Gasteiger partial charge in [0.15, 0.2) is 0 Å². The van der Waals surface area contributed by atoms with E-state index in [1.165, 1.54) is 0 Å². The highest BCUT2D eigenvalue weighted by atomic mass is 32.2. The summed E-state index contributed by atoms with van der Waals surface area (Å²) in [5.41, 5.74) is 2.68. The minimum Gasteiger partial charge on any atom is -0.221 e. The molecule has 0 saturated heterocycles. The normalized spacial score (nSPS) is 11.3. The molecule has 2 aromatic carbocycles. The summed E-state index contributed by atoms with van der Waals surface area (Å²) in [6, 6.07) is 18.8. The summed E-state index contributed by atoms with van der Waals surface area (Å²) in [5.74, 6) is 0. The summed E-state index contributed by atoms with van der Waals surface area (Å²) in [4.78, 5) is 4.23. The van der Waals surface area contributed by atoms with E-state index in [4.69, 9.17) is 0 Å². The minimum atomic E-state index is -3.52. The summed E-state index contributed by atoms with van der Waals surface area (Å²) >= 11 is 0. The molecule has 3 aromatic rings. The van der Waals surface area contributed by atoms with Crippen molar-refractivity contribution in [3.8, 4) is 22.5 Å². The Bertz CT molecular complexity index is 895. The lowest BCUT2D eigenvalue weighted by molar-refractivity contribution is 0.589. The molecule has 3 rings (SSSR count). The Morgan fingerprint density at radius 1 is 0.727 bits per heavy atom. The summed E-state index contributed by atoms with van der Waals surface area (Å²) in [6.07, 6.45) is 1.07. The monoisotopic (exact) mass is 311 g/mol. The fourth-order valence-corrected chi connectivity index (χ4v) is 2.50. The van der Waals surface area contributed by atoms with E-state index in [2.05, 4.69) is 15.2 Å². The van der Waals surface area contributed by atoms with Gasteiger partial charge in [-0.15, -0.1) is 10.2 Å². The zero-order chi connectivity index (χ0) is 15.6. The van der Waals surface area contributed by atoms with Gasteiger partial charge in [-0.1, -0.05) is 60.7 Å². The third kappa shape index (κ3) is 2.87. The Hall–Kier alpha value is -2.60. The Morgan fingerprint density at radius 3 is 1.73 bits per heavy atom. The van der Waals surface area contributed by atoms with Crippen molar-refractivity contribution in [2.24, 2.45) is 0 Å². The van der Waals surface area contributed by atoms with Crippen molar-refractivity contribution in [2.45, 2.75) is 5.16 Å². The molecule has 0 N–H and O–H groups in total. The van der Waals surface area contributed by atoms with Gasteiger partial charge in [0, 0.05) is 17.4 Å². The molecule has 0 atom stereocenters. The first-order valence-electron chi connectivity index (χ1n) is 6.61. The molecule has 0 radical (unpaired) electrons. The van der Waals surface area contributed by atoms with Crippen LogP contribution in [-0.2, 0) is 9.84 Å². The Balaban J connectivity index is 2.27. The Labute approximate surface area is 128 Å². The highest BCUT2D eigenvalue weighted by Gasteiger charge is 2.18. The third-order valence-corrected chi connectivity index (χ3v) is 3.93. The van der Waals surface area contributed by atoms with Gasteiger partial charge in [-0.25, -0.2) is 13.4 Å². The standard InChI is InChI=1S/C16H13N3O2S/c1-22(20,21)16-17-14(12-8-4-2-5-9-12)15(18-19-16)13-10-6-3-7-11-13/h2-11H,1H3. The number of rotatable bonds is 3. The second kappa shape index (κ2) is 5.65. The molecular weight excluding hydrogens is 298 g/mol. The van der Waals surface area contributed by atoms with Gasteiger partial charge in [0.05, 0.1) is 0 Å². The molecule has 0 bridgehead atoms. The molecule has 110 valence electrons. The van der Waals surface area contributed by atoms with Crippen LogP contribution in [0.1, 0.15) is 0 Å². The molecule has 0 amide bonds. The first-order chi connectivity index (χ1) is 10.6. The van der Waals surface area contributed by atoms with E-state index in [-0.39, 0.29) is 5.16 Å². The predicted octanol–water partition coefficient (Wildman–Crippen LogP) is 2.61. The summed E-state index contributed by atoms with van der Waals surface area (Å²) < 4.78 is 23.4. The van der Waals surface area contributed by atoms with Crippen LogP contribution in [-0.4, -0.2) is 29.9 Å². The van der Waals surface area contributed by atoms with Crippen LogP contribution in [0.25, 0.3) is 22.5 Å². The number of nitrogens with zero attached hydrogens (tertiary/aromatic N) is 3. The quantitative estimate of drug-likeness (QED) is 0.743. The number of sulfone groups is 1. The van der Waals surface area contributed by atoms with Gasteiger partial charge in [-0.2, -0.15) is 0 Å². The van der Waals surface area contributed by atoms with Crippen LogP contribution in [0.2, 0.25) is 0 Å². The fraction of sp³-hybridized carbons (Fsp3) is 0.0625. The van der Waals surface area contributed by atoms with Crippen LogP contribution < -0.4 is 0 Å². The van der Waals surface area contributed by atoms with Gasteiger partial charge in [0.1, 0.15) is 11.4 Å². The second-order valence-electron chi connectivity index (χ2n) is 4.80. The predicted molar refractivity (Wildman–Crippen MR) is 83.8 cm³/mol. The largest absolute Gasteiger partial charge is 0.267 e. The third-order valence-electron chi connectivity index (χ3n) is 3.09. The first-order valence-corrected chi connectivity index (χ1v) is 8.50. The Kier molecular flexibility index (Phi) is 3.68. The highest BCUT2D eigenvalue weighted by molar-refractivity contribution is 7.90. The average Bonchev–Trinajstić information content (AvgIpc) is 2.55. The molecule has 1 heterocycles. The van der Waals surface area contributed by atoms with E-state index in [1.54, 1.807) is 0 Å². The zero-order valence-corrected chi connectivity index (χ0v) is 12.7. The lowest BCUT2D eigenvalue weighted by Gasteiger charge is -2.08. The molecule has 0 unspecified atom stereocenters. The SMILES string of the molecule is CS(=O)(=O)c1nnc(-c2ccccc2)c(-c2ccccc2)n1. The van der Waals surface area contributed by atoms with E-state index < -0.39 is 9.84 Å². The van der Waals surface area contributed by atoms with Crippen molar-refractivity contribution in [1.29, 1.82) is 0 Å². The van der Waals surface area contributed by atoms with Crippen molar-refractivity contribution < 1.29 is 8.42 Å². The topological polar surface area (TPSA) is 72.8 Å². The van der Waals surface area contributed by atoms with Crippen LogP contribution in [0.3, 0.4) is 0 Å². The van der Waals surface area contributed by atoms with E-state index in [0.717, 1.165) is 17.4 Å². The molecule has 0 aliphatic heterocycles. The number of hydrogen-bond acceptors (Lipinski definition) is 5. The number of benzene rings is 2. The summed E-state index contributed by atoms with van der Waals surface area (Å²) in [5, 5.41) is 7.59. The highest BCUT2D eigenvalue weighted by Crippen LogP contribution is 2.28. The van der Waals surface area contributed by atoms with Crippen molar-refractivity contribution >= 4 is 9.84 Å². The van der Waals surface area contributed by atoms with E-state index in [9.17, 15) is 8.42 Å². The molecule has 22 heavy (non-hydrogen) atoms. The molecule has 0 aliphatic carbocycles. The van der Waals surface area contributed by atoms with Gasteiger partial charge < -0.3 is 0 Å². The van der Waals surface area contributed by atoms with Crippen LogP contribution in [0, 0.1) is 0 Å². The maximum atomic E-state index is 11.7. The van der Waals surface area contributed by atoms with Gasteiger partial charge in [-0.05, 0) is 0 Å². The lowest BCUT2D eigenvalue weighted by Crippen LogP contribution is -2.08. The smallest absolute Gasteiger partial charge is 0.221 e. The van der Waals surface area contributed by atoms with E-state index >= 15 is 0 Å². The first kappa shape index (κ1) is 14.3. The number of aromatic nitrogens is 3. The molecular formula is C16H13N3O2S. The van der Waals surface area contributed by atoms with Crippen LogP contribution >= 0.6 is 0 Å². The van der Waals surface area contributed by atoms with Crippen LogP contribution in [0.15, 0.2) is 65.8 Å². The van der Waals surface area contributed by atoms with Crippen molar-refractivity contribution in [3.05, 3.63) is 60.7 Å². The molecule has 0 spiro atoms. The molecule has 5 nitrogen and oxygen atoms in total. The summed E-state index contributed by atoms with van der Waals surface area (Å²) in [7, 11) is -3.52. The van der Waals surface area contributed by atoms with Crippen molar-refractivity contribution in [1.82, 2.24) is 15.2 Å². The maximum absolute atomic E-state index is 11.7.